The van der Waals surface area contributed by atoms with Gasteiger partial charge >= 0.3 is 0 Å². The molecule has 2 aromatic carbocycles. The Kier molecular flexibility index (Phi) is 5.09. The SMILES string of the molecule is CC(=O)c1ccc(NC(=O)CCn2c(=S)[nH]c3ccccc3c2=O)cc1. The molecule has 0 saturated carbocycles. The number of benzene rings is 2. The van der Waals surface area contributed by atoms with Gasteiger partial charge in [-0.1, -0.05) is 12.1 Å². The van der Waals surface area contributed by atoms with Crippen LogP contribution in [0.15, 0.2) is 53.3 Å². The van der Waals surface area contributed by atoms with Gasteiger partial charge in [0.25, 0.3) is 5.56 Å². The Balaban J connectivity index is 1.72. The van der Waals surface area contributed by atoms with Crippen molar-refractivity contribution < 1.29 is 9.59 Å². The Bertz CT molecular complexity index is 1100. The van der Waals surface area contributed by atoms with Crippen molar-refractivity contribution in [2.75, 3.05) is 5.32 Å². The predicted molar refractivity (Wildman–Crippen MR) is 103 cm³/mol. The number of Topliss-reactive ketones (excluding diaryl/α,β-unsaturated/α-hetero) is 1. The van der Waals surface area contributed by atoms with Crippen LogP contribution in [0.1, 0.15) is 23.7 Å². The number of rotatable bonds is 5. The maximum atomic E-state index is 12.5. The fraction of sp³-hybridized carbons (Fsp3) is 0.158. The first-order valence-corrected chi connectivity index (χ1v) is 8.49. The first-order valence-electron chi connectivity index (χ1n) is 8.08. The highest BCUT2D eigenvalue weighted by atomic mass is 32.1. The van der Waals surface area contributed by atoms with Gasteiger partial charge in [-0.25, -0.2) is 0 Å². The second kappa shape index (κ2) is 7.45. The topological polar surface area (TPSA) is 84.0 Å². The van der Waals surface area contributed by atoms with Crippen LogP contribution in [0.25, 0.3) is 10.9 Å². The highest BCUT2D eigenvalue weighted by molar-refractivity contribution is 7.71. The molecule has 0 aliphatic rings. The molecule has 2 N–H and O–H groups in total. The number of hydrogen-bond donors (Lipinski definition) is 2. The molecule has 7 heteroatoms. The Morgan fingerprint density at radius 3 is 2.50 bits per heavy atom. The summed E-state index contributed by atoms with van der Waals surface area (Å²) >= 11 is 5.23. The number of aromatic nitrogens is 2. The van der Waals surface area contributed by atoms with Crippen molar-refractivity contribution in [2.45, 2.75) is 19.9 Å². The summed E-state index contributed by atoms with van der Waals surface area (Å²) in [6.45, 7) is 1.66. The molecule has 0 fully saturated rings. The molecule has 1 aromatic heterocycles. The summed E-state index contributed by atoms with van der Waals surface area (Å²) < 4.78 is 1.67. The van der Waals surface area contributed by atoms with E-state index in [0.717, 1.165) is 0 Å². The smallest absolute Gasteiger partial charge is 0.262 e. The molecular weight excluding hydrogens is 350 g/mol. The number of para-hydroxylation sites is 1. The summed E-state index contributed by atoms with van der Waals surface area (Å²) in [6, 6.07) is 13.8. The van der Waals surface area contributed by atoms with E-state index < -0.39 is 0 Å². The van der Waals surface area contributed by atoms with Crippen molar-refractivity contribution in [1.29, 1.82) is 0 Å². The van der Waals surface area contributed by atoms with Gasteiger partial charge in [0.2, 0.25) is 5.91 Å². The number of amides is 1. The molecule has 3 rings (SSSR count). The molecule has 0 unspecified atom stereocenters. The fourth-order valence-corrected chi connectivity index (χ4v) is 2.91. The number of H-pyrrole nitrogens is 1. The number of hydrogen-bond acceptors (Lipinski definition) is 4. The third kappa shape index (κ3) is 3.78. The van der Waals surface area contributed by atoms with Crippen molar-refractivity contribution in [1.82, 2.24) is 9.55 Å². The molecule has 132 valence electrons. The van der Waals surface area contributed by atoms with Crippen molar-refractivity contribution in [3.63, 3.8) is 0 Å². The van der Waals surface area contributed by atoms with E-state index in [9.17, 15) is 14.4 Å². The maximum Gasteiger partial charge on any atom is 0.262 e. The molecule has 0 atom stereocenters. The van der Waals surface area contributed by atoms with E-state index >= 15 is 0 Å². The number of anilines is 1. The van der Waals surface area contributed by atoms with Crippen molar-refractivity contribution in [2.24, 2.45) is 0 Å². The van der Waals surface area contributed by atoms with E-state index in [2.05, 4.69) is 10.3 Å². The summed E-state index contributed by atoms with van der Waals surface area (Å²) in [7, 11) is 0. The third-order valence-corrected chi connectivity index (χ3v) is 4.35. The lowest BCUT2D eigenvalue weighted by Crippen LogP contribution is -2.25. The van der Waals surface area contributed by atoms with Crippen LogP contribution < -0.4 is 10.9 Å². The van der Waals surface area contributed by atoms with Gasteiger partial charge in [-0.3, -0.25) is 19.0 Å². The van der Waals surface area contributed by atoms with Gasteiger partial charge < -0.3 is 10.3 Å². The zero-order chi connectivity index (χ0) is 18.7. The van der Waals surface area contributed by atoms with Gasteiger partial charge in [0.1, 0.15) is 0 Å². The van der Waals surface area contributed by atoms with Crippen LogP contribution in [0.3, 0.4) is 0 Å². The van der Waals surface area contributed by atoms with Crippen LogP contribution in [0.2, 0.25) is 0 Å². The van der Waals surface area contributed by atoms with E-state index in [4.69, 9.17) is 12.2 Å². The van der Waals surface area contributed by atoms with E-state index in [0.29, 0.717) is 22.2 Å². The molecule has 26 heavy (non-hydrogen) atoms. The summed E-state index contributed by atoms with van der Waals surface area (Å²) in [5.74, 6) is -0.275. The number of carbonyl (C=O) groups excluding carboxylic acids is 2. The van der Waals surface area contributed by atoms with Gasteiger partial charge in [0.05, 0.1) is 10.9 Å². The summed E-state index contributed by atoms with van der Waals surface area (Å²) in [4.78, 5) is 39.0. The molecule has 0 bridgehead atoms. The molecule has 0 saturated heterocycles. The maximum absolute atomic E-state index is 12.5. The quantitative estimate of drug-likeness (QED) is 0.535. The minimum absolute atomic E-state index is 0.0345. The first-order chi connectivity index (χ1) is 12.5. The summed E-state index contributed by atoms with van der Waals surface area (Å²) in [5.41, 5.74) is 1.63. The van der Waals surface area contributed by atoms with Crippen LogP contribution >= 0.6 is 12.2 Å². The molecule has 0 aliphatic carbocycles. The fourth-order valence-electron chi connectivity index (χ4n) is 2.63. The Hall–Kier alpha value is -3.06. The van der Waals surface area contributed by atoms with Crippen molar-refractivity contribution in [3.8, 4) is 0 Å². The minimum atomic E-state index is -0.241. The van der Waals surface area contributed by atoms with Crippen LogP contribution in [-0.4, -0.2) is 21.2 Å². The van der Waals surface area contributed by atoms with Crippen LogP contribution in [-0.2, 0) is 11.3 Å². The minimum Gasteiger partial charge on any atom is -0.332 e. The molecule has 0 spiro atoms. The Labute approximate surface area is 154 Å². The zero-order valence-electron chi connectivity index (χ0n) is 14.1. The lowest BCUT2D eigenvalue weighted by Gasteiger charge is -2.09. The number of ketones is 1. The number of carbonyl (C=O) groups is 2. The van der Waals surface area contributed by atoms with Gasteiger partial charge in [0, 0.05) is 24.2 Å². The second-order valence-electron chi connectivity index (χ2n) is 5.86. The summed E-state index contributed by atoms with van der Waals surface area (Å²) in [5, 5.41) is 3.27. The second-order valence-corrected chi connectivity index (χ2v) is 6.25. The lowest BCUT2D eigenvalue weighted by atomic mass is 10.1. The first kappa shape index (κ1) is 17.8. The molecule has 1 heterocycles. The largest absolute Gasteiger partial charge is 0.332 e. The van der Waals surface area contributed by atoms with Crippen LogP contribution in [0.4, 0.5) is 5.69 Å². The number of nitrogens with one attached hydrogen (secondary N) is 2. The predicted octanol–water partition coefficient (Wildman–Crippen LogP) is 3.29. The van der Waals surface area contributed by atoms with E-state index in [-0.39, 0.29) is 35.0 Å². The lowest BCUT2D eigenvalue weighted by molar-refractivity contribution is -0.116. The number of nitrogens with zero attached hydrogens (tertiary/aromatic N) is 1. The molecule has 6 nitrogen and oxygen atoms in total. The zero-order valence-corrected chi connectivity index (χ0v) is 14.9. The van der Waals surface area contributed by atoms with Crippen LogP contribution in [0, 0.1) is 4.77 Å². The van der Waals surface area contributed by atoms with Gasteiger partial charge in [-0.15, -0.1) is 0 Å². The highest BCUT2D eigenvalue weighted by Gasteiger charge is 2.08. The number of fused-ring (bicyclic) bond motifs is 1. The standard InChI is InChI=1S/C19H17N3O3S/c1-12(23)13-6-8-14(9-7-13)20-17(24)10-11-22-18(25)15-4-2-3-5-16(15)21-19(22)26/h2-9H,10-11H2,1H3,(H,20,24)(H,21,26). The Morgan fingerprint density at radius 2 is 1.81 bits per heavy atom. The molecule has 3 aromatic rings. The molecular formula is C19H17N3O3S. The monoisotopic (exact) mass is 367 g/mol. The average molecular weight is 367 g/mol. The number of aromatic amines is 1. The molecule has 0 radical (unpaired) electrons. The van der Waals surface area contributed by atoms with E-state index in [1.807, 2.05) is 6.07 Å². The summed E-state index contributed by atoms with van der Waals surface area (Å²) in [6.07, 6.45) is 0.101. The Morgan fingerprint density at radius 1 is 1.12 bits per heavy atom. The van der Waals surface area contributed by atoms with Crippen molar-refractivity contribution >= 4 is 40.5 Å². The highest BCUT2D eigenvalue weighted by Crippen LogP contribution is 2.11. The van der Waals surface area contributed by atoms with Gasteiger partial charge in [-0.05, 0) is 55.5 Å². The van der Waals surface area contributed by atoms with Gasteiger partial charge in [-0.2, -0.15) is 0 Å². The molecule has 0 aliphatic heterocycles. The van der Waals surface area contributed by atoms with Gasteiger partial charge in [0.15, 0.2) is 10.6 Å². The third-order valence-electron chi connectivity index (χ3n) is 4.03. The van der Waals surface area contributed by atoms with E-state index in [1.54, 1.807) is 42.5 Å². The normalized spacial score (nSPS) is 10.7. The average Bonchev–Trinajstić information content (AvgIpc) is 2.62. The molecule has 1 amide bonds. The van der Waals surface area contributed by atoms with Crippen molar-refractivity contribution in [3.05, 3.63) is 69.2 Å². The van der Waals surface area contributed by atoms with Crippen LogP contribution in [0.5, 0.6) is 0 Å². The van der Waals surface area contributed by atoms with E-state index in [1.165, 1.54) is 11.5 Å².